The summed E-state index contributed by atoms with van der Waals surface area (Å²) in [5, 5.41) is 3.15. The molecule has 2 atom stereocenters. The molecule has 140 valence electrons. The lowest BCUT2D eigenvalue weighted by Gasteiger charge is -2.35. The summed E-state index contributed by atoms with van der Waals surface area (Å²) in [7, 11) is 0. The minimum absolute atomic E-state index is 0.0263. The molecule has 0 aliphatic carbocycles. The number of carbonyl (C=O) groups is 1. The van der Waals surface area contributed by atoms with Crippen LogP contribution in [0.25, 0.3) is 11.1 Å². The standard InChI is InChI=1S/C21H23N3O3/c1-14(25)22-19(15-7-3-2-4-8-15)20(24-11-5-6-12-24)16-9-10-18-17(13-16)23-21(26)27-18/h2-4,7-10,13,19-20H,5-6,11-12H2,1H3,(H,22,25)(H,23,26)/t19-,20-/m0/s1. The van der Waals surface area contributed by atoms with Gasteiger partial charge in [-0.15, -0.1) is 0 Å². The van der Waals surface area contributed by atoms with Crippen LogP contribution in [-0.2, 0) is 4.79 Å². The lowest BCUT2D eigenvalue weighted by molar-refractivity contribution is -0.120. The third-order valence-corrected chi connectivity index (χ3v) is 5.15. The molecule has 4 rings (SSSR count). The number of hydrogen-bond acceptors (Lipinski definition) is 4. The summed E-state index contributed by atoms with van der Waals surface area (Å²) in [5.74, 6) is -0.521. The number of H-pyrrole nitrogens is 1. The number of likely N-dealkylation sites (tertiary alicyclic amines) is 1. The number of aromatic amines is 1. The zero-order chi connectivity index (χ0) is 18.8. The first kappa shape index (κ1) is 17.5. The molecule has 1 aromatic heterocycles. The SMILES string of the molecule is CC(=O)N[C@@H](c1ccccc1)[C@H](c1ccc2oc(=O)[nH]c2c1)N1CCCC1. The van der Waals surface area contributed by atoms with Gasteiger partial charge >= 0.3 is 5.76 Å². The van der Waals surface area contributed by atoms with Crippen molar-refractivity contribution in [1.29, 1.82) is 0 Å². The lowest BCUT2D eigenvalue weighted by Crippen LogP contribution is -2.39. The minimum Gasteiger partial charge on any atom is -0.408 e. The molecule has 1 saturated heterocycles. The van der Waals surface area contributed by atoms with Gasteiger partial charge in [-0.05, 0) is 49.2 Å². The van der Waals surface area contributed by atoms with Crippen LogP contribution in [0, 0.1) is 0 Å². The van der Waals surface area contributed by atoms with Crippen LogP contribution in [0.15, 0.2) is 57.7 Å². The van der Waals surface area contributed by atoms with E-state index in [-0.39, 0.29) is 18.0 Å². The summed E-state index contributed by atoms with van der Waals surface area (Å²) in [4.78, 5) is 28.7. The van der Waals surface area contributed by atoms with E-state index < -0.39 is 5.76 Å². The monoisotopic (exact) mass is 365 g/mol. The predicted molar refractivity (Wildman–Crippen MR) is 103 cm³/mol. The first-order chi connectivity index (χ1) is 13.1. The molecule has 6 nitrogen and oxygen atoms in total. The summed E-state index contributed by atoms with van der Waals surface area (Å²) < 4.78 is 5.14. The van der Waals surface area contributed by atoms with Crippen molar-refractivity contribution in [3.8, 4) is 0 Å². The minimum atomic E-state index is -0.457. The van der Waals surface area contributed by atoms with Crippen LogP contribution in [0.4, 0.5) is 0 Å². The largest absolute Gasteiger partial charge is 0.417 e. The average Bonchev–Trinajstić information content (AvgIpc) is 3.30. The second-order valence-corrected chi connectivity index (χ2v) is 7.05. The van der Waals surface area contributed by atoms with Gasteiger partial charge in [0.1, 0.15) is 0 Å². The van der Waals surface area contributed by atoms with Crippen molar-refractivity contribution in [2.24, 2.45) is 0 Å². The van der Waals surface area contributed by atoms with Crippen LogP contribution in [0.1, 0.15) is 43.0 Å². The van der Waals surface area contributed by atoms with E-state index >= 15 is 0 Å². The van der Waals surface area contributed by atoms with Crippen molar-refractivity contribution in [2.45, 2.75) is 31.8 Å². The van der Waals surface area contributed by atoms with Crippen LogP contribution in [0.2, 0.25) is 0 Å². The maximum atomic E-state index is 12.0. The highest BCUT2D eigenvalue weighted by atomic mass is 16.4. The van der Waals surface area contributed by atoms with Crippen LogP contribution in [-0.4, -0.2) is 28.9 Å². The van der Waals surface area contributed by atoms with Gasteiger partial charge in [-0.1, -0.05) is 36.4 Å². The molecule has 6 heteroatoms. The fourth-order valence-electron chi connectivity index (χ4n) is 4.01. The van der Waals surface area contributed by atoms with Gasteiger partial charge in [-0.2, -0.15) is 0 Å². The van der Waals surface area contributed by atoms with Gasteiger partial charge in [0.05, 0.1) is 17.6 Å². The van der Waals surface area contributed by atoms with Gasteiger partial charge in [0.15, 0.2) is 5.58 Å². The second kappa shape index (κ2) is 7.40. The first-order valence-electron chi connectivity index (χ1n) is 9.31. The molecule has 1 fully saturated rings. The number of aromatic nitrogens is 1. The average molecular weight is 365 g/mol. The Hall–Kier alpha value is -2.86. The summed E-state index contributed by atoms with van der Waals surface area (Å²) in [6.07, 6.45) is 2.28. The Morgan fingerprint density at radius 1 is 1.11 bits per heavy atom. The van der Waals surface area contributed by atoms with Crippen LogP contribution in [0.5, 0.6) is 0 Å². The molecule has 1 amide bonds. The number of rotatable bonds is 5. The van der Waals surface area contributed by atoms with Gasteiger partial charge in [0, 0.05) is 6.92 Å². The number of oxazole rings is 1. The Morgan fingerprint density at radius 2 is 1.85 bits per heavy atom. The molecular formula is C21H23N3O3. The number of benzene rings is 2. The highest BCUT2D eigenvalue weighted by Crippen LogP contribution is 2.37. The maximum absolute atomic E-state index is 12.0. The highest BCUT2D eigenvalue weighted by Gasteiger charge is 2.32. The molecule has 2 N–H and O–H groups in total. The number of amides is 1. The van der Waals surface area contributed by atoms with Crippen LogP contribution < -0.4 is 11.1 Å². The summed E-state index contributed by atoms with van der Waals surface area (Å²) in [5.41, 5.74) is 3.32. The third-order valence-electron chi connectivity index (χ3n) is 5.15. The Balaban J connectivity index is 1.82. The molecule has 0 saturated carbocycles. The molecule has 3 aromatic rings. The Bertz CT molecular complexity index is 987. The van der Waals surface area contributed by atoms with Gasteiger partial charge in [0.25, 0.3) is 0 Å². The topological polar surface area (TPSA) is 78.3 Å². The number of fused-ring (bicyclic) bond motifs is 1. The van der Waals surface area contributed by atoms with E-state index in [0.717, 1.165) is 37.1 Å². The summed E-state index contributed by atoms with van der Waals surface area (Å²) in [6.45, 7) is 3.51. The fourth-order valence-corrected chi connectivity index (χ4v) is 4.01. The van der Waals surface area contributed by atoms with Crippen molar-refractivity contribution in [3.63, 3.8) is 0 Å². The van der Waals surface area contributed by atoms with Crippen LogP contribution >= 0.6 is 0 Å². The molecule has 0 bridgehead atoms. The molecule has 0 spiro atoms. The van der Waals surface area contributed by atoms with Gasteiger partial charge in [-0.25, -0.2) is 4.79 Å². The number of nitrogens with one attached hydrogen (secondary N) is 2. The Kier molecular flexibility index (Phi) is 4.81. The first-order valence-corrected chi connectivity index (χ1v) is 9.31. The number of carbonyl (C=O) groups excluding carboxylic acids is 1. The molecule has 1 aliphatic rings. The van der Waals surface area contributed by atoms with E-state index in [4.69, 9.17) is 4.42 Å². The van der Waals surface area contributed by atoms with E-state index in [0.29, 0.717) is 11.1 Å². The van der Waals surface area contributed by atoms with Gasteiger partial charge < -0.3 is 9.73 Å². The Labute approximate surface area is 157 Å². The van der Waals surface area contributed by atoms with Gasteiger partial charge in [0.2, 0.25) is 5.91 Å². The van der Waals surface area contributed by atoms with E-state index in [1.165, 1.54) is 0 Å². The van der Waals surface area contributed by atoms with Crippen LogP contribution in [0.3, 0.4) is 0 Å². The number of hydrogen-bond donors (Lipinski definition) is 2. The van der Waals surface area contributed by atoms with Crippen molar-refractivity contribution >= 4 is 17.0 Å². The van der Waals surface area contributed by atoms with Crippen molar-refractivity contribution in [2.75, 3.05) is 13.1 Å². The predicted octanol–water partition coefficient (Wildman–Crippen LogP) is 3.14. The molecule has 0 radical (unpaired) electrons. The van der Waals surface area contributed by atoms with E-state index in [1.54, 1.807) is 6.92 Å². The maximum Gasteiger partial charge on any atom is 0.417 e. The van der Waals surface area contributed by atoms with Crippen molar-refractivity contribution < 1.29 is 9.21 Å². The molecule has 1 aliphatic heterocycles. The smallest absolute Gasteiger partial charge is 0.408 e. The Morgan fingerprint density at radius 3 is 2.56 bits per heavy atom. The van der Waals surface area contributed by atoms with Gasteiger partial charge in [-0.3, -0.25) is 14.7 Å². The van der Waals surface area contributed by atoms with Crippen molar-refractivity contribution in [3.05, 3.63) is 70.2 Å². The number of nitrogens with zero attached hydrogens (tertiary/aromatic N) is 1. The van der Waals surface area contributed by atoms with E-state index in [1.807, 2.05) is 48.5 Å². The molecule has 2 heterocycles. The zero-order valence-electron chi connectivity index (χ0n) is 15.3. The molecular weight excluding hydrogens is 342 g/mol. The quantitative estimate of drug-likeness (QED) is 0.728. The second-order valence-electron chi connectivity index (χ2n) is 7.05. The van der Waals surface area contributed by atoms with Crippen molar-refractivity contribution in [1.82, 2.24) is 15.2 Å². The molecule has 27 heavy (non-hydrogen) atoms. The molecule has 2 aromatic carbocycles. The zero-order valence-corrected chi connectivity index (χ0v) is 15.3. The highest BCUT2D eigenvalue weighted by molar-refractivity contribution is 5.74. The molecule has 0 unspecified atom stereocenters. The third kappa shape index (κ3) is 3.66. The van der Waals surface area contributed by atoms with E-state index in [2.05, 4.69) is 15.2 Å². The lowest BCUT2D eigenvalue weighted by atomic mass is 9.91. The fraction of sp³-hybridized carbons (Fsp3) is 0.333. The summed E-state index contributed by atoms with van der Waals surface area (Å²) >= 11 is 0. The summed E-state index contributed by atoms with van der Waals surface area (Å²) in [6, 6.07) is 15.6. The van der Waals surface area contributed by atoms with E-state index in [9.17, 15) is 9.59 Å². The normalized spacial score (nSPS) is 17.1.